The molecule has 2 aliphatic heterocycles. The van der Waals surface area contributed by atoms with E-state index in [1.807, 2.05) is 27.7 Å². The van der Waals surface area contributed by atoms with Gasteiger partial charge in [-0.2, -0.15) is 0 Å². The standard InChI is InChI=1S/C18H19N.2C2H6/c1-18(2)16-11-4-3-9-14(16)15-10-5-7-13-8-6-12-19(18)17(13)15;2*1-2/h3-5,7,9-11H,6,8,12H2,1-2H3;2*1-2H3. The molecule has 1 nitrogen and oxygen atoms in total. The molecule has 0 saturated carbocycles. The minimum absolute atomic E-state index is 0.0973. The molecule has 0 bridgehead atoms. The first kappa shape index (κ1) is 17.6. The molecule has 2 aromatic rings. The lowest BCUT2D eigenvalue weighted by molar-refractivity contribution is 0.459. The van der Waals surface area contributed by atoms with Crippen LogP contribution in [0.2, 0.25) is 0 Å². The van der Waals surface area contributed by atoms with Crippen molar-refractivity contribution >= 4 is 5.69 Å². The van der Waals surface area contributed by atoms with Crippen LogP contribution in [0.25, 0.3) is 11.1 Å². The first-order valence-corrected chi connectivity index (χ1v) is 9.19. The molecule has 4 rings (SSSR count). The van der Waals surface area contributed by atoms with E-state index in [1.165, 1.54) is 47.3 Å². The Morgan fingerprint density at radius 3 is 2.22 bits per heavy atom. The Bertz CT molecular complexity index is 655. The van der Waals surface area contributed by atoms with Gasteiger partial charge in [-0.15, -0.1) is 0 Å². The van der Waals surface area contributed by atoms with E-state index in [4.69, 9.17) is 0 Å². The minimum atomic E-state index is 0.0973. The van der Waals surface area contributed by atoms with Crippen molar-refractivity contribution in [2.24, 2.45) is 0 Å². The third-order valence-electron chi connectivity index (χ3n) is 4.77. The Morgan fingerprint density at radius 2 is 1.48 bits per heavy atom. The third kappa shape index (κ3) is 2.78. The van der Waals surface area contributed by atoms with Crippen LogP contribution in [0.1, 0.15) is 59.1 Å². The van der Waals surface area contributed by atoms with Crippen LogP contribution in [0.15, 0.2) is 42.5 Å². The van der Waals surface area contributed by atoms with Crippen molar-refractivity contribution in [1.29, 1.82) is 0 Å². The van der Waals surface area contributed by atoms with Gasteiger partial charge in [-0.3, -0.25) is 0 Å². The summed E-state index contributed by atoms with van der Waals surface area (Å²) in [4.78, 5) is 2.61. The lowest BCUT2D eigenvalue weighted by atomic mass is 9.78. The Balaban J connectivity index is 0.000000448. The highest BCUT2D eigenvalue weighted by Gasteiger charge is 2.39. The van der Waals surface area contributed by atoms with Crippen molar-refractivity contribution in [2.45, 2.75) is 59.9 Å². The molecule has 1 heteroatoms. The van der Waals surface area contributed by atoms with Gasteiger partial charge in [0, 0.05) is 17.8 Å². The zero-order valence-corrected chi connectivity index (χ0v) is 15.6. The molecule has 0 aromatic heterocycles. The number of hydrogen-bond acceptors (Lipinski definition) is 1. The van der Waals surface area contributed by atoms with Gasteiger partial charge < -0.3 is 4.90 Å². The monoisotopic (exact) mass is 309 g/mol. The normalized spacial score (nSPS) is 16.0. The quantitative estimate of drug-likeness (QED) is 0.543. The van der Waals surface area contributed by atoms with Crippen LogP contribution in [0.5, 0.6) is 0 Å². The van der Waals surface area contributed by atoms with Gasteiger partial charge in [-0.1, -0.05) is 70.2 Å². The topological polar surface area (TPSA) is 3.24 Å². The maximum absolute atomic E-state index is 2.61. The molecule has 0 radical (unpaired) electrons. The van der Waals surface area contributed by atoms with Gasteiger partial charge in [0.1, 0.15) is 0 Å². The van der Waals surface area contributed by atoms with E-state index in [0.29, 0.717) is 0 Å². The summed E-state index contributed by atoms with van der Waals surface area (Å²) in [6.07, 6.45) is 2.49. The molecule has 2 heterocycles. The van der Waals surface area contributed by atoms with Crippen LogP contribution in [-0.4, -0.2) is 6.54 Å². The lowest BCUT2D eigenvalue weighted by Gasteiger charge is -2.49. The Labute approximate surface area is 142 Å². The summed E-state index contributed by atoms with van der Waals surface area (Å²) in [7, 11) is 0. The van der Waals surface area contributed by atoms with Gasteiger partial charge in [0.05, 0.1) is 5.54 Å². The summed E-state index contributed by atoms with van der Waals surface area (Å²) in [5, 5.41) is 0. The third-order valence-corrected chi connectivity index (χ3v) is 4.77. The largest absolute Gasteiger partial charge is 0.362 e. The van der Waals surface area contributed by atoms with Crippen LogP contribution in [0.4, 0.5) is 5.69 Å². The van der Waals surface area contributed by atoms with E-state index >= 15 is 0 Å². The van der Waals surface area contributed by atoms with E-state index in [9.17, 15) is 0 Å². The molecule has 0 atom stereocenters. The first-order chi connectivity index (χ1) is 11.2. The van der Waals surface area contributed by atoms with E-state index in [2.05, 4.69) is 61.2 Å². The van der Waals surface area contributed by atoms with Crippen LogP contribution in [0.3, 0.4) is 0 Å². The number of anilines is 1. The molecule has 0 N–H and O–H groups in total. The van der Waals surface area contributed by atoms with Gasteiger partial charge in [0.25, 0.3) is 0 Å². The van der Waals surface area contributed by atoms with Gasteiger partial charge in [-0.25, -0.2) is 0 Å². The van der Waals surface area contributed by atoms with Gasteiger partial charge in [-0.05, 0) is 43.4 Å². The van der Waals surface area contributed by atoms with Gasteiger partial charge in [0.2, 0.25) is 0 Å². The van der Waals surface area contributed by atoms with E-state index in [-0.39, 0.29) is 5.54 Å². The Hall–Kier alpha value is -1.76. The minimum Gasteiger partial charge on any atom is -0.362 e. The van der Waals surface area contributed by atoms with Gasteiger partial charge >= 0.3 is 0 Å². The zero-order valence-electron chi connectivity index (χ0n) is 15.6. The molecule has 2 aromatic carbocycles. The highest BCUT2D eigenvalue weighted by atomic mass is 15.2. The highest BCUT2D eigenvalue weighted by molar-refractivity contribution is 5.88. The van der Waals surface area contributed by atoms with Crippen molar-refractivity contribution in [3.05, 3.63) is 53.6 Å². The number of aryl methyl sites for hydroxylation is 1. The number of fused-ring (bicyclic) bond motifs is 2. The first-order valence-electron chi connectivity index (χ1n) is 9.19. The number of nitrogens with zero attached hydrogens (tertiary/aromatic N) is 1. The van der Waals surface area contributed by atoms with Crippen molar-refractivity contribution in [2.75, 3.05) is 11.4 Å². The van der Waals surface area contributed by atoms with Crippen molar-refractivity contribution in [1.82, 2.24) is 0 Å². The number of hydrogen-bond donors (Lipinski definition) is 0. The summed E-state index contributed by atoms with van der Waals surface area (Å²) < 4.78 is 0. The molecule has 0 aliphatic carbocycles. The molecule has 23 heavy (non-hydrogen) atoms. The molecule has 0 saturated heterocycles. The Morgan fingerprint density at radius 1 is 0.826 bits per heavy atom. The van der Waals surface area contributed by atoms with Crippen molar-refractivity contribution < 1.29 is 0 Å². The summed E-state index contributed by atoms with van der Waals surface area (Å²) in [5.74, 6) is 0. The smallest absolute Gasteiger partial charge is 0.0603 e. The summed E-state index contributed by atoms with van der Waals surface area (Å²) in [5.41, 5.74) is 7.40. The second kappa shape index (κ2) is 7.21. The average Bonchev–Trinajstić information content (AvgIpc) is 2.63. The number of benzene rings is 2. The van der Waals surface area contributed by atoms with Crippen LogP contribution < -0.4 is 4.90 Å². The number of para-hydroxylation sites is 1. The van der Waals surface area contributed by atoms with Crippen LogP contribution in [0, 0.1) is 0 Å². The molecular weight excluding hydrogens is 278 g/mol. The van der Waals surface area contributed by atoms with E-state index < -0.39 is 0 Å². The SMILES string of the molecule is CC.CC.CC1(C)c2ccccc2-c2cccc3c2N1CCC3. The predicted octanol–water partition coefficient (Wildman–Crippen LogP) is 6.41. The molecule has 2 aliphatic rings. The molecule has 0 fully saturated rings. The summed E-state index contributed by atoms with van der Waals surface area (Å²) in [6, 6.07) is 15.7. The van der Waals surface area contributed by atoms with Crippen LogP contribution in [-0.2, 0) is 12.0 Å². The fourth-order valence-electron chi connectivity index (χ4n) is 3.82. The van der Waals surface area contributed by atoms with Gasteiger partial charge in [0.15, 0.2) is 0 Å². The molecule has 0 unspecified atom stereocenters. The second-order valence-corrected chi connectivity index (χ2v) is 6.17. The van der Waals surface area contributed by atoms with E-state index in [0.717, 1.165) is 0 Å². The van der Waals surface area contributed by atoms with Crippen molar-refractivity contribution in [3.63, 3.8) is 0 Å². The lowest BCUT2D eigenvalue weighted by Crippen LogP contribution is -2.47. The fraction of sp³-hybridized carbons (Fsp3) is 0.455. The molecule has 0 spiro atoms. The summed E-state index contributed by atoms with van der Waals surface area (Å²) >= 11 is 0. The average molecular weight is 309 g/mol. The highest BCUT2D eigenvalue weighted by Crippen LogP contribution is 2.50. The second-order valence-electron chi connectivity index (χ2n) is 6.17. The zero-order chi connectivity index (χ0) is 17.0. The molecule has 0 amide bonds. The summed E-state index contributed by atoms with van der Waals surface area (Å²) in [6.45, 7) is 13.9. The van der Waals surface area contributed by atoms with Crippen LogP contribution >= 0.6 is 0 Å². The fourth-order valence-corrected chi connectivity index (χ4v) is 3.82. The van der Waals surface area contributed by atoms with E-state index in [1.54, 1.807) is 0 Å². The predicted molar refractivity (Wildman–Crippen MR) is 103 cm³/mol. The Kier molecular flexibility index (Phi) is 5.51. The van der Waals surface area contributed by atoms with Crippen molar-refractivity contribution in [3.8, 4) is 11.1 Å². The maximum atomic E-state index is 2.61. The number of rotatable bonds is 0. The molecular formula is C22H31N. The maximum Gasteiger partial charge on any atom is 0.0603 e. The molecule has 124 valence electrons.